The van der Waals surface area contributed by atoms with Crippen LogP contribution in [0.4, 0.5) is 0 Å². The van der Waals surface area contributed by atoms with E-state index in [2.05, 4.69) is 22.5 Å². The maximum atomic E-state index is 8.44. The minimum Gasteiger partial charge on any atom is -0.192 e. The van der Waals surface area contributed by atoms with Crippen molar-refractivity contribution in [1.82, 2.24) is 0 Å². The monoisotopic (exact) mass is 213 g/mol. The van der Waals surface area contributed by atoms with Crippen LogP contribution in [0.5, 0.6) is 0 Å². The zero-order valence-electron chi connectivity index (χ0n) is 5.10. The van der Waals surface area contributed by atoms with Gasteiger partial charge in [-0.25, -0.2) is 0 Å². The van der Waals surface area contributed by atoms with E-state index in [0.717, 1.165) is 9.35 Å². The van der Waals surface area contributed by atoms with Crippen molar-refractivity contribution in [3.63, 3.8) is 0 Å². The molecule has 0 aliphatic rings. The van der Waals surface area contributed by atoms with Crippen molar-refractivity contribution in [2.24, 2.45) is 0 Å². The normalized spacial score (nSPS) is 8.80. The second-order valence-electron chi connectivity index (χ2n) is 1.72. The quantitative estimate of drug-likeness (QED) is 0.659. The van der Waals surface area contributed by atoms with E-state index in [0.29, 0.717) is 5.57 Å². The molecule has 1 aromatic rings. The fourth-order valence-electron chi connectivity index (χ4n) is 0.526. The number of rotatable bonds is 1. The van der Waals surface area contributed by atoms with E-state index in [9.17, 15) is 0 Å². The standard InChI is InChI=1S/C7H4BrNS/c1-5(3-9)7-2-6(8)4-10-7/h2,4H,1H2. The Labute approximate surface area is 71.7 Å². The van der Waals surface area contributed by atoms with Crippen LogP contribution in [0.1, 0.15) is 4.88 Å². The minimum atomic E-state index is 0.524. The Morgan fingerprint density at radius 1 is 1.80 bits per heavy atom. The molecule has 0 atom stereocenters. The topological polar surface area (TPSA) is 23.8 Å². The summed E-state index contributed by atoms with van der Waals surface area (Å²) in [7, 11) is 0. The van der Waals surface area contributed by atoms with Crippen molar-refractivity contribution in [3.8, 4) is 6.07 Å². The van der Waals surface area contributed by atoms with Crippen molar-refractivity contribution in [1.29, 1.82) is 5.26 Å². The molecule has 1 rings (SSSR count). The average Bonchev–Trinajstić information content (AvgIpc) is 2.34. The summed E-state index contributed by atoms with van der Waals surface area (Å²) in [6, 6.07) is 3.87. The van der Waals surface area contributed by atoms with Gasteiger partial charge in [0.25, 0.3) is 0 Å². The van der Waals surface area contributed by atoms with Crippen LogP contribution in [0.25, 0.3) is 5.57 Å². The van der Waals surface area contributed by atoms with E-state index in [4.69, 9.17) is 5.26 Å². The Bertz CT molecular complexity index is 295. The third-order valence-corrected chi connectivity index (χ3v) is 2.75. The highest BCUT2D eigenvalue weighted by Gasteiger charge is 1.99. The van der Waals surface area contributed by atoms with Gasteiger partial charge in [-0.2, -0.15) is 5.26 Å². The molecule has 50 valence electrons. The number of allylic oxidation sites excluding steroid dienone is 1. The van der Waals surface area contributed by atoms with Crippen LogP contribution in [0.3, 0.4) is 0 Å². The molecular weight excluding hydrogens is 210 g/mol. The maximum Gasteiger partial charge on any atom is 0.1000 e. The van der Waals surface area contributed by atoms with Crippen LogP contribution in [-0.4, -0.2) is 0 Å². The third-order valence-electron chi connectivity index (χ3n) is 1.000. The first-order valence-electron chi connectivity index (χ1n) is 2.57. The molecule has 0 aliphatic heterocycles. The average molecular weight is 214 g/mol. The molecule has 0 spiro atoms. The number of nitriles is 1. The number of hydrogen-bond donors (Lipinski definition) is 0. The van der Waals surface area contributed by atoms with Gasteiger partial charge in [0.15, 0.2) is 0 Å². The summed E-state index contributed by atoms with van der Waals surface area (Å²) in [4.78, 5) is 0.925. The number of nitrogens with zero attached hydrogens (tertiary/aromatic N) is 1. The summed E-state index contributed by atoms with van der Waals surface area (Å²) < 4.78 is 1.00. The van der Waals surface area contributed by atoms with E-state index in [1.165, 1.54) is 11.3 Å². The van der Waals surface area contributed by atoms with Gasteiger partial charge in [-0.05, 0) is 22.0 Å². The molecule has 1 nitrogen and oxygen atoms in total. The SMILES string of the molecule is C=C(C#N)c1cc(Br)cs1. The molecule has 0 aliphatic carbocycles. The largest absolute Gasteiger partial charge is 0.192 e. The summed E-state index contributed by atoms with van der Waals surface area (Å²) in [6.45, 7) is 3.59. The number of thiophene rings is 1. The Hall–Kier alpha value is -0.590. The van der Waals surface area contributed by atoms with E-state index in [1.807, 2.05) is 17.5 Å². The van der Waals surface area contributed by atoms with Crippen LogP contribution in [-0.2, 0) is 0 Å². The molecule has 1 heterocycles. The molecular formula is C7H4BrNS. The van der Waals surface area contributed by atoms with Gasteiger partial charge in [-0.1, -0.05) is 6.58 Å². The molecule has 3 heteroatoms. The fourth-order valence-corrected chi connectivity index (χ4v) is 1.88. The Morgan fingerprint density at radius 2 is 2.50 bits per heavy atom. The summed E-state index contributed by atoms with van der Waals surface area (Å²) >= 11 is 4.80. The maximum absolute atomic E-state index is 8.44. The molecule has 0 fully saturated rings. The second-order valence-corrected chi connectivity index (χ2v) is 3.55. The molecule has 0 amide bonds. The lowest BCUT2D eigenvalue weighted by Crippen LogP contribution is -1.67. The Morgan fingerprint density at radius 3 is 2.90 bits per heavy atom. The molecule has 0 unspecified atom stereocenters. The molecule has 0 radical (unpaired) electrons. The first-order chi connectivity index (χ1) is 4.74. The molecule has 0 N–H and O–H groups in total. The van der Waals surface area contributed by atoms with Crippen molar-refractivity contribution in [2.75, 3.05) is 0 Å². The first-order valence-corrected chi connectivity index (χ1v) is 4.24. The molecule has 0 saturated heterocycles. The van der Waals surface area contributed by atoms with Crippen molar-refractivity contribution >= 4 is 32.8 Å². The lowest BCUT2D eigenvalue weighted by molar-refractivity contribution is 1.54. The van der Waals surface area contributed by atoms with Gasteiger partial charge < -0.3 is 0 Å². The van der Waals surface area contributed by atoms with Gasteiger partial charge >= 0.3 is 0 Å². The van der Waals surface area contributed by atoms with Gasteiger partial charge in [0, 0.05) is 14.7 Å². The molecule has 10 heavy (non-hydrogen) atoms. The predicted molar refractivity (Wildman–Crippen MR) is 46.7 cm³/mol. The van der Waals surface area contributed by atoms with Gasteiger partial charge in [-0.15, -0.1) is 11.3 Å². The van der Waals surface area contributed by atoms with E-state index in [1.54, 1.807) is 0 Å². The van der Waals surface area contributed by atoms with Crippen LogP contribution in [0.2, 0.25) is 0 Å². The van der Waals surface area contributed by atoms with E-state index < -0.39 is 0 Å². The molecule has 0 saturated carbocycles. The lowest BCUT2D eigenvalue weighted by atomic mass is 10.3. The molecule has 0 aromatic carbocycles. The Kier molecular flexibility index (Phi) is 2.25. The lowest BCUT2D eigenvalue weighted by Gasteiger charge is -1.83. The van der Waals surface area contributed by atoms with Crippen LogP contribution in [0.15, 0.2) is 22.5 Å². The van der Waals surface area contributed by atoms with Crippen LogP contribution in [0, 0.1) is 11.3 Å². The van der Waals surface area contributed by atoms with Gasteiger partial charge in [-0.3, -0.25) is 0 Å². The molecule has 1 aromatic heterocycles. The second kappa shape index (κ2) is 3.00. The van der Waals surface area contributed by atoms with Gasteiger partial charge in [0.1, 0.15) is 0 Å². The van der Waals surface area contributed by atoms with Crippen LogP contribution >= 0.6 is 27.3 Å². The van der Waals surface area contributed by atoms with E-state index >= 15 is 0 Å². The highest BCUT2D eigenvalue weighted by atomic mass is 79.9. The van der Waals surface area contributed by atoms with Crippen molar-refractivity contribution < 1.29 is 0 Å². The van der Waals surface area contributed by atoms with E-state index in [-0.39, 0.29) is 0 Å². The first kappa shape index (κ1) is 7.52. The number of halogens is 1. The highest BCUT2D eigenvalue weighted by molar-refractivity contribution is 9.10. The summed E-state index contributed by atoms with van der Waals surface area (Å²) in [6.07, 6.45) is 0. The summed E-state index contributed by atoms with van der Waals surface area (Å²) in [5, 5.41) is 10.4. The fraction of sp³-hybridized carbons (Fsp3) is 0. The predicted octanol–water partition coefficient (Wildman–Crippen LogP) is 3.05. The van der Waals surface area contributed by atoms with Crippen molar-refractivity contribution in [3.05, 3.63) is 27.4 Å². The minimum absolute atomic E-state index is 0.524. The molecule has 0 bridgehead atoms. The zero-order chi connectivity index (χ0) is 7.56. The smallest absolute Gasteiger partial charge is 0.1000 e. The van der Waals surface area contributed by atoms with Gasteiger partial charge in [0.05, 0.1) is 11.6 Å². The highest BCUT2D eigenvalue weighted by Crippen LogP contribution is 2.24. The van der Waals surface area contributed by atoms with Crippen LogP contribution < -0.4 is 0 Å². The van der Waals surface area contributed by atoms with Crippen molar-refractivity contribution in [2.45, 2.75) is 0 Å². The summed E-state index contributed by atoms with van der Waals surface area (Å²) in [5.41, 5.74) is 0.524. The third kappa shape index (κ3) is 1.47. The van der Waals surface area contributed by atoms with Gasteiger partial charge in [0.2, 0.25) is 0 Å². The number of hydrogen-bond acceptors (Lipinski definition) is 2. The zero-order valence-corrected chi connectivity index (χ0v) is 7.50. The summed E-state index contributed by atoms with van der Waals surface area (Å²) in [5.74, 6) is 0. The Balaban J connectivity index is 2.98.